The molecular weight excluding hydrogens is 268 g/mol. The highest BCUT2D eigenvalue weighted by Crippen LogP contribution is 2.22. The Morgan fingerprint density at radius 3 is 2.71 bits per heavy atom. The van der Waals surface area contributed by atoms with Crippen molar-refractivity contribution >= 4 is 17.4 Å². The molecule has 0 saturated heterocycles. The predicted octanol–water partition coefficient (Wildman–Crippen LogP) is 1.69. The van der Waals surface area contributed by atoms with Gasteiger partial charge in [-0.1, -0.05) is 6.07 Å². The van der Waals surface area contributed by atoms with E-state index in [-0.39, 0.29) is 0 Å². The molecule has 0 atom stereocenters. The average molecular weight is 286 g/mol. The third-order valence-corrected chi connectivity index (χ3v) is 3.05. The first-order valence-corrected chi connectivity index (χ1v) is 6.45. The largest absolute Gasteiger partial charge is 0.495 e. The van der Waals surface area contributed by atoms with Gasteiger partial charge < -0.3 is 21.5 Å². The van der Waals surface area contributed by atoms with Crippen LogP contribution in [0.3, 0.4) is 0 Å². The van der Waals surface area contributed by atoms with Crippen molar-refractivity contribution in [1.82, 2.24) is 4.98 Å². The van der Waals surface area contributed by atoms with E-state index >= 15 is 0 Å². The Hall–Kier alpha value is -2.76. The lowest BCUT2D eigenvalue weighted by molar-refractivity contribution is 0.100. The number of carbonyl (C=O) groups is 1. The summed E-state index contributed by atoms with van der Waals surface area (Å²) in [5.41, 5.74) is 13.9. The Kier molecular flexibility index (Phi) is 4.27. The van der Waals surface area contributed by atoms with Crippen molar-refractivity contribution in [1.29, 1.82) is 0 Å². The number of aromatic nitrogens is 1. The monoisotopic (exact) mass is 286 g/mol. The second-order valence-electron chi connectivity index (χ2n) is 4.64. The third kappa shape index (κ3) is 3.42. The number of hydrogen-bond acceptors (Lipinski definition) is 5. The zero-order valence-electron chi connectivity index (χ0n) is 12.0. The van der Waals surface area contributed by atoms with Crippen LogP contribution in [-0.2, 0) is 6.54 Å². The summed E-state index contributed by atoms with van der Waals surface area (Å²) in [6.45, 7) is 2.33. The number of anilines is 2. The Bertz CT molecular complexity index is 671. The summed E-state index contributed by atoms with van der Waals surface area (Å²) >= 11 is 0. The molecule has 5 N–H and O–H groups in total. The Morgan fingerprint density at radius 1 is 1.33 bits per heavy atom. The highest BCUT2D eigenvalue weighted by Gasteiger charge is 2.10. The molecule has 0 unspecified atom stereocenters. The fourth-order valence-electron chi connectivity index (χ4n) is 1.97. The molecule has 0 saturated carbocycles. The van der Waals surface area contributed by atoms with Crippen LogP contribution in [0, 0.1) is 6.92 Å². The second-order valence-corrected chi connectivity index (χ2v) is 4.64. The number of nitrogen functional groups attached to an aromatic ring is 1. The number of benzene rings is 1. The Morgan fingerprint density at radius 2 is 2.10 bits per heavy atom. The smallest absolute Gasteiger partial charge is 0.252 e. The molecule has 0 fully saturated rings. The van der Waals surface area contributed by atoms with E-state index in [9.17, 15) is 4.79 Å². The lowest BCUT2D eigenvalue weighted by Gasteiger charge is -2.11. The number of rotatable bonds is 5. The highest BCUT2D eigenvalue weighted by atomic mass is 16.5. The van der Waals surface area contributed by atoms with Gasteiger partial charge in [0.15, 0.2) is 0 Å². The molecule has 1 heterocycles. The van der Waals surface area contributed by atoms with E-state index in [1.807, 2.05) is 19.1 Å². The maximum Gasteiger partial charge on any atom is 0.252 e. The number of nitrogens with zero attached hydrogens (tertiary/aromatic N) is 1. The summed E-state index contributed by atoms with van der Waals surface area (Å²) in [5.74, 6) is 0.585. The molecule has 2 aromatic rings. The Balaban J connectivity index is 2.18. The molecule has 0 spiro atoms. The van der Waals surface area contributed by atoms with E-state index in [4.69, 9.17) is 16.2 Å². The van der Waals surface area contributed by atoms with E-state index in [0.717, 1.165) is 11.3 Å². The van der Waals surface area contributed by atoms with E-state index in [0.29, 0.717) is 29.4 Å². The zero-order valence-corrected chi connectivity index (χ0v) is 12.0. The number of methoxy groups -OCH3 is 1. The standard InChI is InChI=1S/C15H18N4O2/c1-9-3-5-11(14(17)20)15(19-9)18-8-10-4-6-13(21-2)12(16)7-10/h3-7H,8,16H2,1-2H3,(H2,17,20)(H,18,19). The number of hydrogen-bond donors (Lipinski definition) is 3. The lowest BCUT2D eigenvalue weighted by atomic mass is 10.1. The van der Waals surface area contributed by atoms with Gasteiger partial charge in [0.25, 0.3) is 5.91 Å². The first-order chi connectivity index (χ1) is 10.0. The molecule has 21 heavy (non-hydrogen) atoms. The van der Waals surface area contributed by atoms with Crippen LogP contribution in [0.25, 0.3) is 0 Å². The van der Waals surface area contributed by atoms with Crippen LogP contribution in [0.2, 0.25) is 0 Å². The highest BCUT2D eigenvalue weighted by molar-refractivity contribution is 5.97. The van der Waals surface area contributed by atoms with Crippen molar-refractivity contribution in [2.45, 2.75) is 13.5 Å². The summed E-state index contributed by atoms with van der Waals surface area (Å²) in [6, 6.07) is 8.91. The molecule has 1 aromatic carbocycles. The number of nitrogens with one attached hydrogen (secondary N) is 1. The number of amides is 1. The van der Waals surface area contributed by atoms with Gasteiger partial charge in [0.2, 0.25) is 0 Å². The number of pyridine rings is 1. The maximum atomic E-state index is 11.4. The Labute approximate surface area is 123 Å². The van der Waals surface area contributed by atoms with Gasteiger partial charge in [0, 0.05) is 12.2 Å². The second kappa shape index (κ2) is 6.13. The van der Waals surface area contributed by atoms with Gasteiger partial charge in [0.1, 0.15) is 11.6 Å². The molecule has 110 valence electrons. The van der Waals surface area contributed by atoms with Crippen LogP contribution in [-0.4, -0.2) is 18.0 Å². The summed E-state index contributed by atoms with van der Waals surface area (Å²) in [4.78, 5) is 15.7. The first kappa shape index (κ1) is 14.6. The van der Waals surface area contributed by atoms with Gasteiger partial charge in [-0.25, -0.2) is 4.98 Å². The van der Waals surface area contributed by atoms with Gasteiger partial charge in [-0.3, -0.25) is 4.79 Å². The van der Waals surface area contributed by atoms with Gasteiger partial charge in [-0.2, -0.15) is 0 Å². The van der Waals surface area contributed by atoms with Crippen molar-refractivity contribution in [3.05, 3.63) is 47.2 Å². The molecule has 0 bridgehead atoms. The molecule has 0 aliphatic carbocycles. The normalized spacial score (nSPS) is 10.2. The zero-order chi connectivity index (χ0) is 15.4. The van der Waals surface area contributed by atoms with Crippen LogP contribution < -0.4 is 21.5 Å². The van der Waals surface area contributed by atoms with Crippen molar-refractivity contribution in [3.63, 3.8) is 0 Å². The van der Waals surface area contributed by atoms with Crippen LogP contribution in [0.15, 0.2) is 30.3 Å². The minimum Gasteiger partial charge on any atom is -0.495 e. The van der Waals surface area contributed by atoms with Gasteiger partial charge >= 0.3 is 0 Å². The minimum atomic E-state index is -0.515. The molecule has 0 radical (unpaired) electrons. The lowest BCUT2D eigenvalue weighted by Crippen LogP contribution is -2.16. The van der Waals surface area contributed by atoms with Crippen LogP contribution >= 0.6 is 0 Å². The number of nitrogens with two attached hydrogens (primary N) is 2. The van der Waals surface area contributed by atoms with Crippen molar-refractivity contribution in [3.8, 4) is 5.75 Å². The predicted molar refractivity (Wildman–Crippen MR) is 82.2 cm³/mol. The summed E-state index contributed by atoms with van der Waals surface area (Å²) in [5, 5.41) is 3.11. The van der Waals surface area contributed by atoms with E-state index in [1.165, 1.54) is 0 Å². The number of primary amides is 1. The van der Waals surface area contributed by atoms with E-state index in [1.54, 1.807) is 25.3 Å². The summed E-state index contributed by atoms with van der Waals surface area (Å²) < 4.78 is 5.11. The number of ether oxygens (including phenoxy) is 1. The molecule has 0 aliphatic rings. The van der Waals surface area contributed by atoms with E-state index in [2.05, 4.69) is 10.3 Å². The maximum absolute atomic E-state index is 11.4. The fourth-order valence-corrected chi connectivity index (χ4v) is 1.97. The van der Waals surface area contributed by atoms with Crippen LogP contribution in [0.5, 0.6) is 5.75 Å². The summed E-state index contributed by atoms with van der Waals surface area (Å²) in [7, 11) is 1.57. The third-order valence-electron chi connectivity index (χ3n) is 3.05. The molecule has 6 nitrogen and oxygen atoms in total. The molecule has 2 rings (SSSR count). The summed E-state index contributed by atoms with van der Waals surface area (Å²) in [6.07, 6.45) is 0. The van der Waals surface area contributed by atoms with Crippen molar-refractivity contribution in [2.24, 2.45) is 5.73 Å². The van der Waals surface area contributed by atoms with E-state index < -0.39 is 5.91 Å². The SMILES string of the molecule is COc1ccc(CNc2nc(C)ccc2C(N)=O)cc1N. The fraction of sp³-hybridized carbons (Fsp3) is 0.200. The van der Waals surface area contributed by atoms with Gasteiger partial charge in [-0.15, -0.1) is 0 Å². The topological polar surface area (TPSA) is 103 Å². The molecule has 6 heteroatoms. The quantitative estimate of drug-likeness (QED) is 0.726. The molecule has 1 amide bonds. The first-order valence-electron chi connectivity index (χ1n) is 6.45. The van der Waals surface area contributed by atoms with Crippen molar-refractivity contribution in [2.75, 3.05) is 18.2 Å². The number of carbonyl (C=O) groups excluding carboxylic acids is 1. The minimum absolute atomic E-state index is 0.363. The molecular formula is C15H18N4O2. The van der Waals surface area contributed by atoms with Crippen LogP contribution in [0.1, 0.15) is 21.6 Å². The van der Waals surface area contributed by atoms with Crippen LogP contribution in [0.4, 0.5) is 11.5 Å². The molecule has 1 aromatic heterocycles. The molecule has 0 aliphatic heterocycles. The van der Waals surface area contributed by atoms with Crippen molar-refractivity contribution < 1.29 is 9.53 Å². The van der Waals surface area contributed by atoms with Gasteiger partial charge in [0.05, 0.1) is 18.4 Å². The average Bonchev–Trinajstić information content (AvgIpc) is 2.45. The van der Waals surface area contributed by atoms with Gasteiger partial charge in [-0.05, 0) is 36.8 Å². The number of aryl methyl sites for hydroxylation is 1.